The smallest absolute Gasteiger partial charge is 0.0541 e. The van der Waals surface area contributed by atoms with E-state index in [1.807, 2.05) is 0 Å². The van der Waals surface area contributed by atoms with E-state index < -0.39 is 0 Å². The van der Waals surface area contributed by atoms with E-state index in [2.05, 4.69) is 193 Å². The monoisotopic (exact) mass is 637 g/mol. The molecule has 1 aliphatic carbocycles. The van der Waals surface area contributed by atoms with Crippen LogP contribution >= 0.6 is 0 Å². The lowest BCUT2D eigenvalue weighted by molar-refractivity contribution is 0.650. The van der Waals surface area contributed by atoms with Crippen molar-refractivity contribution in [2.45, 2.75) is 18.8 Å². The van der Waals surface area contributed by atoms with E-state index in [1.54, 1.807) is 0 Å². The lowest BCUT2D eigenvalue weighted by Crippen LogP contribution is -2.17. The second-order valence-electron chi connectivity index (χ2n) is 13.8. The number of hydrogen-bond acceptors (Lipinski definition) is 0. The summed E-state index contributed by atoms with van der Waals surface area (Å²) in [5.74, 6) is 0.644. The first-order chi connectivity index (χ1) is 24.7. The van der Waals surface area contributed by atoms with Gasteiger partial charge in [0.2, 0.25) is 0 Å². The van der Waals surface area contributed by atoms with Crippen LogP contribution in [0.1, 0.15) is 35.4 Å². The van der Waals surface area contributed by atoms with E-state index in [4.69, 9.17) is 0 Å². The number of hydrogen-bond donors (Lipinski definition) is 0. The van der Waals surface area contributed by atoms with Gasteiger partial charge < -0.3 is 4.57 Å². The van der Waals surface area contributed by atoms with Gasteiger partial charge in [0.05, 0.1) is 11.0 Å². The normalized spacial score (nSPS) is 15.3. The number of nitrogens with zero attached hydrogens (tertiary/aromatic N) is 1. The highest BCUT2D eigenvalue weighted by Gasteiger charge is 2.32. The van der Waals surface area contributed by atoms with Gasteiger partial charge in [-0.15, -0.1) is 0 Å². The summed E-state index contributed by atoms with van der Waals surface area (Å²) < 4.78 is 2.41. The summed E-state index contributed by atoms with van der Waals surface area (Å²) in [5.41, 5.74) is 15.5. The van der Waals surface area contributed by atoms with Gasteiger partial charge in [-0.1, -0.05) is 153 Å². The maximum absolute atomic E-state index is 2.43. The molecule has 0 fully saturated rings. The molecule has 0 amide bonds. The molecule has 1 heteroatoms. The van der Waals surface area contributed by atoms with Crippen LogP contribution in [-0.2, 0) is 0 Å². The van der Waals surface area contributed by atoms with E-state index in [0.717, 1.165) is 0 Å². The largest absolute Gasteiger partial charge is 0.309 e. The maximum Gasteiger partial charge on any atom is 0.0541 e. The van der Waals surface area contributed by atoms with Gasteiger partial charge in [-0.2, -0.15) is 0 Å². The number of aromatic nitrogens is 1. The maximum atomic E-state index is 2.43. The molecule has 0 saturated heterocycles. The molecule has 0 radical (unpaired) electrons. The second kappa shape index (κ2) is 11.5. The van der Waals surface area contributed by atoms with E-state index in [0.29, 0.717) is 11.8 Å². The average Bonchev–Trinajstić information content (AvgIpc) is 3.52. The molecule has 0 saturated carbocycles. The quantitative estimate of drug-likeness (QED) is 0.181. The van der Waals surface area contributed by atoms with Gasteiger partial charge in [-0.05, 0) is 103 Å². The summed E-state index contributed by atoms with van der Waals surface area (Å²) in [4.78, 5) is 0. The van der Waals surface area contributed by atoms with Crippen LogP contribution in [0.5, 0.6) is 0 Å². The zero-order valence-electron chi connectivity index (χ0n) is 27.9. The van der Waals surface area contributed by atoms with Gasteiger partial charge >= 0.3 is 0 Å². The van der Waals surface area contributed by atoms with Crippen LogP contribution in [0.2, 0.25) is 0 Å². The van der Waals surface area contributed by atoms with Crippen LogP contribution < -0.4 is 0 Å². The molecule has 1 heterocycles. The lowest BCUT2D eigenvalue weighted by atomic mass is 9.69. The van der Waals surface area contributed by atoms with Gasteiger partial charge in [0.25, 0.3) is 0 Å². The summed E-state index contributed by atoms with van der Waals surface area (Å²) in [5, 5.41) is 5.06. The van der Waals surface area contributed by atoms with Crippen LogP contribution in [0.15, 0.2) is 182 Å². The first-order valence-electron chi connectivity index (χ1n) is 17.6. The van der Waals surface area contributed by atoms with E-state index in [9.17, 15) is 0 Å². The molecule has 236 valence electrons. The Labute approximate surface area is 292 Å². The molecule has 0 aliphatic heterocycles. The second-order valence-corrected chi connectivity index (χ2v) is 13.8. The number of para-hydroxylation sites is 1. The van der Waals surface area contributed by atoms with Gasteiger partial charge in [0, 0.05) is 22.4 Å². The van der Waals surface area contributed by atoms with Crippen molar-refractivity contribution in [3.05, 3.63) is 199 Å². The van der Waals surface area contributed by atoms with Crippen LogP contribution in [0, 0.1) is 0 Å². The van der Waals surface area contributed by atoms with Gasteiger partial charge in [-0.25, -0.2) is 0 Å². The first kappa shape index (κ1) is 28.8. The molecular weight excluding hydrogens is 603 g/mol. The predicted octanol–water partition coefficient (Wildman–Crippen LogP) is 13.2. The minimum absolute atomic E-state index is 0.298. The Morgan fingerprint density at radius 3 is 1.94 bits per heavy atom. The summed E-state index contributed by atoms with van der Waals surface area (Å²) in [7, 11) is 0. The van der Waals surface area contributed by atoms with Gasteiger partial charge in [0.1, 0.15) is 0 Å². The lowest BCUT2D eigenvalue weighted by Gasteiger charge is -2.34. The third-order valence-corrected chi connectivity index (χ3v) is 11.0. The van der Waals surface area contributed by atoms with Crippen molar-refractivity contribution in [3.63, 3.8) is 0 Å². The predicted molar refractivity (Wildman–Crippen MR) is 211 cm³/mol. The molecule has 10 rings (SSSR count). The molecule has 2 unspecified atom stereocenters. The molecule has 2 atom stereocenters. The van der Waals surface area contributed by atoms with Crippen molar-refractivity contribution >= 4 is 32.6 Å². The molecule has 0 N–H and O–H groups in total. The van der Waals surface area contributed by atoms with Crippen molar-refractivity contribution in [1.29, 1.82) is 0 Å². The van der Waals surface area contributed by atoms with E-state index >= 15 is 0 Å². The fourth-order valence-electron chi connectivity index (χ4n) is 8.56. The molecule has 1 aromatic heterocycles. The van der Waals surface area contributed by atoms with E-state index in [-0.39, 0.29) is 0 Å². The topological polar surface area (TPSA) is 4.93 Å². The molecule has 9 aromatic rings. The summed E-state index contributed by atoms with van der Waals surface area (Å²) in [6.45, 7) is 2.40. The molecular formula is C49H35N. The molecule has 50 heavy (non-hydrogen) atoms. The highest BCUT2D eigenvalue weighted by Crippen LogP contribution is 2.50. The van der Waals surface area contributed by atoms with Crippen LogP contribution in [-0.4, -0.2) is 4.57 Å². The van der Waals surface area contributed by atoms with Gasteiger partial charge in [-0.3, -0.25) is 0 Å². The fourth-order valence-corrected chi connectivity index (χ4v) is 8.56. The molecule has 1 nitrogen and oxygen atoms in total. The van der Waals surface area contributed by atoms with Crippen LogP contribution in [0.4, 0.5) is 0 Å². The van der Waals surface area contributed by atoms with Crippen molar-refractivity contribution < 1.29 is 0 Å². The Morgan fingerprint density at radius 2 is 1.06 bits per heavy atom. The molecule has 0 spiro atoms. The zero-order valence-corrected chi connectivity index (χ0v) is 27.9. The standard InChI is InChI=1S/C49H35N/c1-32-41-27-24-38(30-45(41)42-15-7-8-17-44(42)49(32)36-21-19-35(20-22-36)33-11-3-2-4-12-33)39-25-28-48-46(31-39)43-16-9-10-18-47(43)50(48)40-26-23-34-13-5-6-14-37(34)29-40/h2-32,49H,1H3. The first-order valence-corrected chi connectivity index (χ1v) is 17.6. The Morgan fingerprint density at radius 1 is 0.400 bits per heavy atom. The number of benzene rings is 8. The highest BCUT2D eigenvalue weighted by molar-refractivity contribution is 6.10. The van der Waals surface area contributed by atoms with Gasteiger partial charge in [0.15, 0.2) is 0 Å². The third kappa shape index (κ3) is 4.55. The highest BCUT2D eigenvalue weighted by atomic mass is 15.0. The zero-order chi connectivity index (χ0) is 33.2. The average molecular weight is 638 g/mol. The summed E-state index contributed by atoms with van der Waals surface area (Å²) in [6, 6.07) is 67.3. The van der Waals surface area contributed by atoms with Crippen molar-refractivity contribution in [2.75, 3.05) is 0 Å². The fraction of sp³-hybridized carbons (Fsp3) is 0.0612. The Bertz CT molecular complexity index is 2710. The minimum Gasteiger partial charge on any atom is -0.309 e. The number of rotatable bonds is 4. The number of fused-ring (bicyclic) bond motifs is 7. The Kier molecular flexibility index (Phi) is 6.60. The third-order valence-electron chi connectivity index (χ3n) is 11.0. The molecule has 0 bridgehead atoms. The Hall–Kier alpha value is -6.18. The Balaban J connectivity index is 1.06. The van der Waals surface area contributed by atoms with Crippen molar-refractivity contribution in [1.82, 2.24) is 4.57 Å². The van der Waals surface area contributed by atoms with Crippen LogP contribution in [0.3, 0.4) is 0 Å². The van der Waals surface area contributed by atoms with E-state index in [1.165, 1.54) is 88.3 Å². The van der Waals surface area contributed by atoms with Crippen LogP contribution in [0.25, 0.3) is 71.6 Å². The summed E-state index contributed by atoms with van der Waals surface area (Å²) >= 11 is 0. The summed E-state index contributed by atoms with van der Waals surface area (Å²) in [6.07, 6.45) is 0. The molecule has 8 aromatic carbocycles. The SMILES string of the molecule is CC1c2ccc(-c3ccc4c(c3)c3ccccc3n4-c3ccc4ccccc4c3)cc2-c2ccccc2C1c1ccc(-c2ccccc2)cc1. The van der Waals surface area contributed by atoms with Crippen molar-refractivity contribution in [2.24, 2.45) is 0 Å². The van der Waals surface area contributed by atoms with Crippen molar-refractivity contribution in [3.8, 4) is 39.1 Å². The molecule has 1 aliphatic rings. The minimum atomic E-state index is 0.298.